The fourth-order valence-corrected chi connectivity index (χ4v) is 3.14. The first kappa shape index (κ1) is 15.5. The number of nitrogens with zero attached hydrogens (tertiary/aromatic N) is 1. The van der Waals surface area contributed by atoms with Crippen molar-refractivity contribution in [1.82, 2.24) is 4.90 Å². The summed E-state index contributed by atoms with van der Waals surface area (Å²) in [6.07, 6.45) is 1.67. The van der Waals surface area contributed by atoms with Crippen molar-refractivity contribution in [3.8, 4) is 5.75 Å². The summed E-state index contributed by atoms with van der Waals surface area (Å²) in [6.45, 7) is 3.15. The third-order valence-corrected chi connectivity index (χ3v) is 4.42. The molecule has 0 spiro atoms. The van der Waals surface area contributed by atoms with Crippen LogP contribution in [0.15, 0.2) is 17.0 Å². The number of carbonyl (C=O) groups is 2. The van der Waals surface area contributed by atoms with Crippen molar-refractivity contribution < 1.29 is 19.8 Å². The second-order valence-electron chi connectivity index (χ2n) is 4.66. The van der Waals surface area contributed by atoms with Crippen molar-refractivity contribution in [1.29, 1.82) is 0 Å². The Labute approximate surface area is 131 Å². The van der Waals surface area contributed by atoms with Gasteiger partial charge in [0.1, 0.15) is 16.6 Å². The molecular weight excluding hydrogens is 310 g/mol. The molecule has 1 aromatic carbocycles. The number of phenols is 1. The Morgan fingerprint density at radius 3 is 2.67 bits per heavy atom. The number of benzene rings is 1. The predicted molar refractivity (Wildman–Crippen MR) is 85.1 cm³/mol. The highest BCUT2D eigenvalue weighted by atomic mass is 32.2. The zero-order valence-corrected chi connectivity index (χ0v) is 13.0. The van der Waals surface area contributed by atoms with E-state index < -0.39 is 18.4 Å². The van der Waals surface area contributed by atoms with E-state index >= 15 is 0 Å². The zero-order valence-electron chi connectivity index (χ0n) is 11.4. The van der Waals surface area contributed by atoms with Crippen LogP contribution in [0, 0.1) is 13.8 Å². The molecule has 0 aromatic heterocycles. The molecule has 1 saturated heterocycles. The van der Waals surface area contributed by atoms with Crippen molar-refractivity contribution in [3.05, 3.63) is 33.7 Å². The van der Waals surface area contributed by atoms with E-state index in [-0.39, 0.29) is 10.1 Å². The first-order chi connectivity index (χ1) is 9.79. The number of carboxylic acid groups (broad SMARTS) is 1. The first-order valence-corrected chi connectivity index (χ1v) is 7.29. The largest absolute Gasteiger partial charge is 0.508 e. The number of amides is 1. The van der Waals surface area contributed by atoms with Crippen molar-refractivity contribution in [2.75, 3.05) is 6.54 Å². The number of thiocarbonyl (C=S) groups is 1. The number of thioether (sulfide) groups is 1. The molecule has 0 unspecified atom stereocenters. The van der Waals surface area contributed by atoms with Crippen LogP contribution in [0.3, 0.4) is 0 Å². The minimum absolute atomic E-state index is 0.197. The van der Waals surface area contributed by atoms with E-state index in [4.69, 9.17) is 17.3 Å². The second kappa shape index (κ2) is 5.87. The summed E-state index contributed by atoms with van der Waals surface area (Å²) >= 11 is 6.11. The van der Waals surface area contributed by atoms with E-state index in [9.17, 15) is 14.7 Å². The minimum Gasteiger partial charge on any atom is -0.508 e. The van der Waals surface area contributed by atoms with Crippen LogP contribution in [0.25, 0.3) is 6.08 Å². The van der Waals surface area contributed by atoms with Gasteiger partial charge in [0.15, 0.2) is 0 Å². The lowest BCUT2D eigenvalue weighted by atomic mass is 10.0. The fourth-order valence-electron chi connectivity index (χ4n) is 1.89. The molecule has 7 heteroatoms. The van der Waals surface area contributed by atoms with Crippen LogP contribution in [-0.4, -0.2) is 37.9 Å². The van der Waals surface area contributed by atoms with Gasteiger partial charge in [-0.1, -0.05) is 24.0 Å². The van der Waals surface area contributed by atoms with Gasteiger partial charge in [-0.2, -0.15) is 0 Å². The third kappa shape index (κ3) is 3.25. The number of phenolic OH excluding ortho intramolecular Hbond substituents is 1. The molecule has 1 aromatic rings. The molecular formula is C14H13NO4S2. The van der Waals surface area contributed by atoms with E-state index in [2.05, 4.69) is 0 Å². The topological polar surface area (TPSA) is 77.8 Å². The maximum absolute atomic E-state index is 12.2. The molecule has 110 valence electrons. The average molecular weight is 323 g/mol. The Morgan fingerprint density at radius 1 is 1.38 bits per heavy atom. The van der Waals surface area contributed by atoms with E-state index in [0.717, 1.165) is 27.8 Å². The van der Waals surface area contributed by atoms with Crippen LogP contribution < -0.4 is 0 Å². The highest BCUT2D eigenvalue weighted by Gasteiger charge is 2.33. The summed E-state index contributed by atoms with van der Waals surface area (Å²) in [6, 6.07) is 3.40. The smallest absolute Gasteiger partial charge is 0.323 e. The van der Waals surface area contributed by atoms with Gasteiger partial charge in [-0.15, -0.1) is 0 Å². The van der Waals surface area contributed by atoms with Gasteiger partial charge in [-0.3, -0.25) is 14.5 Å². The molecule has 0 bridgehead atoms. The Hall–Kier alpha value is -1.86. The number of aliphatic carboxylic acids is 1. The van der Waals surface area contributed by atoms with Gasteiger partial charge in [0, 0.05) is 0 Å². The molecule has 0 aliphatic carbocycles. The maximum atomic E-state index is 12.2. The summed E-state index contributed by atoms with van der Waals surface area (Å²) in [7, 11) is 0. The fraction of sp³-hybridized carbons (Fsp3) is 0.214. The van der Waals surface area contributed by atoms with Crippen LogP contribution in [0.5, 0.6) is 5.75 Å². The lowest BCUT2D eigenvalue weighted by Crippen LogP contribution is -2.33. The molecule has 1 fully saturated rings. The molecule has 21 heavy (non-hydrogen) atoms. The lowest BCUT2D eigenvalue weighted by Gasteiger charge is -2.10. The number of rotatable bonds is 3. The Bertz CT molecular complexity index is 682. The number of aromatic hydroxyl groups is 1. The molecule has 0 radical (unpaired) electrons. The van der Waals surface area contributed by atoms with Gasteiger partial charge in [-0.25, -0.2) is 0 Å². The normalized spacial score (nSPS) is 16.9. The Morgan fingerprint density at radius 2 is 2.05 bits per heavy atom. The van der Waals surface area contributed by atoms with Crippen LogP contribution in [0.2, 0.25) is 0 Å². The highest BCUT2D eigenvalue weighted by molar-refractivity contribution is 8.26. The molecule has 1 amide bonds. The van der Waals surface area contributed by atoms with Crippen molar-refractivity contribution in [2.24, 2.45) is 0 Å². The standard InChI is InChI=1S/C14H13NO4S2/c1-7-4-10(16)8(2)3-9(7)5-11-13(19)15(6-12(17)18)14(20)21-11/h3-5,16H,6H2,1-2H3,(H,17,18)/b11-5-. The Kier molecular flexibility index (Phi) is 4.34. The van der Waals surface area contributed by atoms with E-state index in [0.29, 0.717) is 10.5 Å². The summed E-state index contributed by atoms with van der Waals surface area (Å²) in [4.78, 5) is 24.3. The van der Waals surface area contributed by atoms with E-state index in [1.165, 1.54) is 0 Å². The van der Waals surface area contributed by atoms with Crippen LogP contribution in [-0.2, 0) is 9.59 Å². The highest BCUT2D eigenvalue weighted by Crippen LogP contribution is 2.33. The monoisotopic (exact) mass is 323 g/mol. The predicted octanol–water partition coefficient (Wildman–Crippen LogP) is 2.29. The minimum atomic E-state index is -1.11. The van der Waals surface area contributed by atoms with Gasteiger partial charge in [0.2, 0.25) is 0 Å². The zero-order chi connectivity index (χ0) is 15.7. The van der Waals surface area contributed by atoms with Crippen LogP contribution in [0.4, 0.5) is 0 Å². The molecule has 2 N–H and O–H groups in total. The van der Waals surface area contributed by atoms with E-state index in [1.54, 1.807) is 25.1 Å². The summed E-state index contributed by atoms with van der Waals surface area (Å²) in [5.41, 5.74) is 2.32. The average Bonchev–Trinajstić information content (AvgIpc) is 2.63. The molecule has 1 aliphatic heterocycles. The molecule has 5 nitrogen and oxygen atoms in total. The first-order valence-electron chi connectivity index (χ1n) is 6.07. The maximum Gasteiger partial charge on any atom is 0.323 e. The molecule has 0 saturated carbocycles. The van der Waals surface area contributed by atoms with Crippen molar-refractivity contribution in [3.63, 3.8) is 0 Å². The number of carbonyl (C=O) groups excluding carboxylic acids is 1. The van der Waals surface area contributed by atoms with Gasteiger partial charge < -0.3 is 10.2 Å². The van der Waals surface area contributed by atoms with Crippen molar-refractivity contribution >= 4 is 46.3 Å². The van der Waals surface area contributed by atoms with Crippen molar-refractivity contribution in [2.45, 2.75) is 13.8 Å². The van der Waals surface area contributed by atoms with Gasteiger partial charge in [0.05, 0.1) is 4.91 Å². The molecule has 1 heterocycles. The quantitative estimate of drug-likeness (QED) is 0.656. The number of aryl methyl sites for hydroxylation is 2. The van der Waals surface area contributed by atoms with Crippen LogP contribution in [0.1, 0.15) is 16.7 Å². The SMILES string of the molecule is Cc1cc(/C=C2\SC(=S)N(CC(=O)O)C2=O)c(C)cc1O. The molecule has 0 atom stereocenters. The molecule has 2 rings (SSSR count). The third-order valence-electron chi connectivity index (χ3n) is 3.04. The number of hydrogen-bond donors (Lipinski definition) is 2. The number of carboxylic acids is 1. The second-order valence-corrected chi connectivity index (χ2v) is 6.33. The van der Waals surface area contributed by atoms with Gasteiger partial charge in [0.25, 0.3) is 5.91 Å². The van der Waals surface area contributed by atoms with Gasteiger partial charge >= 0.3 is 5.97 Å². The Balaban J connectivity index is 2.35. The van der Waals surface area contributed by atoms with Gasteiger partial charge in [-0.05, 0) is 48.7 Å². The lowest BCUT2D eigenvalue weighted by molar-refractivity contribution is -0.140. The summed E-state index contributed by atoms with van der Waals surface area (Å²) in [5.74, 6) is -1.31. The van der Waals surface area contributed by atoms with Crippen LogP contribution >= 0.6 is 24.0 Å². The number of hydrogen-bond acceptors (Lipinski definition) is 5. The molecule has 1 aliphatic rings. The summed E-state index contributed by atoms with van der Waals surface area (Å²) in [5, 5.41) is 18.4. The summed E-state index contributed by atoms with van der Waals surface area (Å²) < 4.78 is 0.238. The van der Waals surface area contributed by atoms with E-state index in [1.807, 2.05) is 6.92 Å².